The largest absolute Gasteiger partial charge is 0.493 e. The van der Waals surface area contributed by atoms with Gasteiger partial charge in [-0.3, -0.25) is 0 Å². The van der Waals surface area contributed by atoms with Crippen molar-refractivity contribution in [1.82, 2.24) is 19.4 Å². The predicted octanol–water partition coefficient (Wildman–Crippen LogP) is 13.2. The van der Waals surface area contributed by atoms with Gasteiger partial charge in [-0.25, -0.2) is 19.0 Å². The second-order valence-electron chi connectivity index (χ2n) is 21.7. The summed E-state index contributed by atoms with van der Waals surface area (Å²) < 4.78 is 40.2. The molecule has 400 valence electrons. The standard InChI is InChI=1S/C31H41N3O6.C26H33N3O4.CH4/c1-30(2,3)39-28(35)33(7)21-12-14-24-23(18-21)22-13-10-19(16-25(22)34(24)29(36)40-31(4,5)6)32-20-11-15-26(37-8)27(17-20)38-9;1-26(2,3)33-25(30)29(4)18-9-11-21-20(15-18)19-10-7-16(13-22(19)28-21)27-17-8-12-23(31-5)24(14-17)32-6;/h10-11,13,15-17,21,32H,12,14,18H2,1-9H3;7-8,10,12-14,18,27-28H,9,11,15H2,1-6H3;1H4. The third-order valence-electron chi connectivity index (χ3n) is 12.9. The van der Waals surface area contributed by atoms with Crippen LogP contribution in [0.1, 0.15) is 105 Å². The Labute approximate surface area is 436 Å². The Morgan fingerprint density at radius 3 is 1.47 bits per heavy atom. The first-order valence-electron chi connectivity index (χ1n) is 24.8. The lowest BCUT2D eigenvalue weighted by Gasteiger charge is -2.33. The summed E-state index contributed by atoms with van der Waals surface area (Å²) in [5, 5.41) is 9.01. The van der Waals surface area contributed by atoms with Crippen molar-refractivity contribution in [3.05, 3.63) is 95.3 Å². The highest BCUT2D eigenvalue weighted by Gasteiger charge is 2.35. The molecule has 8 rings (SSSR count). The molecule has 2 atom stereocenters. The number of methoxy groups -OCH3 is 4. The number of aromatic nitrogens is 2. The van der Waals surface area contributed by atoms with Gasteiger partial charge < -0.3 is 58.6 Å². The van der Waals surface area contributed by atoms with Gasteiger partial charge in [0, 0.05) is 88.7 Å². The zero-order valence-corrected chi connectivity index (χ0v) is 45.2. The van der Waals surface area contributed by atoms with Crippen molar-refractivity contribution in [2.45, 2.75) is 137 Å². The number of carbonyl (C=O) groups excluding carboxylic acids is 3. The number of aromatic amines is 1. The summed E-state index contributed by atoms with van der Waals surface area (Å²) >= 11 is 0. The maximum absolute atomic E-state index is 13.5. The molecule has 0 saturated heterocycles. The first-order chi connectivity index (χ1) is 34.4. The topological polar surface area (TPSA) is 167 Å². The van der Waals surface area contributed by atoms with Gasteiger partial charge in [0.2, 0.25) is 0 Å². The quantitative estimate of drug-likeness (QED) is 0.111. The lowest BCUT2D eigenvalue weighted by atomic mass is 9.90. The number of hydrogen-bond donors (Lipinski definition) is 3. The van der Waals surface area contributed by atoms with Crippen LogP contribution >= 0.6 is 0 Å². The molecule has 2 heterocycles. The molecule has 2 amide bonds. The van der Waals surface area contributed by atoms with Gasteiger partial charge in [-0.2, -0.15) is 0 Å². The molecule has 3 N–H and O–H groups in total. The number of likely N-dealkylation sites (N-methyl/N-ethyl adjacent to an activating group) is 2. The van der Waals surface area contributed by atoms with Crippen LogP contribution in [-0.2, 0) is 39.9 Å². The Morgan fingerprint density at radius 1 is 0.554 bits per heavy atom. The molecule has 2 unspecified atom stereocenters. The summed E-state index contributed by atoms with van der Waals surface area (Å²) in [5.41, 5.74) is 8.15. The van der Waals surface area contributed by atoms with Gasteiger partial charge in [0.1, 0.15) is 16.8 Å². The molecule has 16 heteroatoms. The molecule has 0 aliphatic heterocycles. The van der Waals surface area contributed by atoms with Crippen LogP contribution in [0.3, 0.4) is 0 Å². The number of benzene rings is 4. The van der Waals surface area contributed by atoms with Gasteiger partial charge in [-0.15, -0.1) is 0 Å². The predicted molar refractivity (Wildman–Crippen MR) is 294 cm³/mol. The smallest absolute Gasteiger partial charge is 0.419 e. The molecule has 0 spiro atoms. The molecular formula is C58H78N6O10. The van der Waals surface area contributed by atoms with Gasteiger partial charge in [-0.1, -0.05) is 19.6 Å². The maximum atomic E-state index is 13.5. The average molecular weight is 1020 g/mol. The molecule has 2 aliphatic carbocycles. The fourth-order valence-corrected chi connectivity index (χ4v) is 9.41. The highest BCUT2D eigenvalue weighted by molar-refractivity contribution is 5.96. The number of anilines is 4. The van der Waals surface area contributed by atoms with Crippen molar-refractivity contribution in [3.8, 4) is 23.0 Å². The van der Waals surface area contributed by atoms with Gasteiger partial charge >= 0.3 is 18.3 Å². The first kappa shape index (κ1) is 56.1. The molecular weight excluding hydrogens is 941 g/mol. The molecule has 16 nitrogen and oxygen atoms in total. The molecule has 4 aromatic carbocycles. The van der Waals surface area contributed by atoms with Gasteiger partial charge in [0.15, 0.2) is 23.0 Å². The second-order valence-corrected chi connectivity index (χ2v) is 21.7. The van der Waals surface area contributed by atoms with E-state index in [9.17, 15) is 14.4 Å². The number of nitrogens with zero attached hydrogens (tertiary/aromatic N) is 3. The number of carbonyl (C=O) groups is 3. The Kier molecular flexibility index (Phi) is 17.0. The Hall–Kier alpha value is -7.23. The van der Waals surface area contributed by atoms with Crippen molar-refractivity contribution in [2.24, 2.45) is 0 Å². The SMILES string of the molecule is C.COc1ccc(Nc2ccc3c4c([nH]c3c2)CCC(N(C)C(=O)OC(C)(C)C)C4)cc1OC.COc1ccc(Nc2ccc3c4c(n(C(=O)OC(C)(C)C)c3c2)CCC(N(C)C(=O)OC(C)(C)C)C4)cc1OC. The first-order valence-corrected chi connectivity index (χ1v) is 24.8. The molecule has 0 radical (unpaired) electrons. The van der Waals surface area contributed by atoms with E-state index in [1.54, 1.807) is 49.9 Å². The number of fused-ring (bicyclic) bond motifs is 6. The van der Waals surface area contributed by atoms with E-state index >= 15 is 0 Å². The third-order valence-corrected chi connectivity index (χ3v) is 12.9. The molecule has 0 fully saturated rings. The molecule has 6 aromatic rings. The van der Waals surface area contributed by atoms with Gasteiger partial charge in [0.05, 0.1) is 34.0 Å². The number of rotatable bonds is 10. The minimum atomic E-state index is -0.649. The van der Waals surface area contributed by atoms with E-state index in [1.165, 1.54) is 16.6 Å². The van der Waals surface area contributed by atoms with Crippen LogP contribution in [0, 0.1) is 0 Å². The lowest BCUT2D eigenvalue weighted by molar-refractivity contribution is 0.0199. The van der Waals surface area contributed by atoms with E-state index in [0.29, 0.717) is 42.3 Å². The number of nitrogens with one attached hydrogen (secondary N) is 3. The summed E-state index contributed by atoms with van der Waals surface area (Å²) in [5.74, 6) is 2.63. The Morgan fingerprint density at radius 2 is 0.986 bits per heavy atom. The molecule has 0 saturated carbocycles. The van der Waals surface area contributed by atoms with Crippen LogP contribution in [-0.4, -0.2) is 109 Å². The van der Waals surface area contributed by atoms with Crippen LogP contribution in [0.5, 0.6) is 23.0 Å². The average Bonchev–Trinajstić information content (AvgIpc) is 3.86. The van der Waals surface area contributed by atoms with E-state index in [0.717, 1.165) is 69.7 Å². The van der Waals surface area contributed by atoms with E-state index in [2.05, 4.69) is 33.8 Å². The summed E-state index contributed by atoms with van der Waals surface area (Å²) in [6, 6.07) is 23.7. The summed E-state index contributed by atoms with van der Waals surface area (Å²) in [4.78, 5) is 45.9. The zero-order chi connectivity index (χ0) is 53.2. The second kappa shape index (κ2) is 22.5. The van der Waals surface area contributed by atoms with Crippen LogP contribution < -0.4 is 29.6 Å². The fourth-order valence-electron chi connectivity index (χ4n) is 9.41. The van der Waals surface area contributed by atoms with Crippen LogP contribution in [0.25, 0.3) is 21.8 Å². The number of hydrogen-bond acceptors (Lipinski definition) is 12. The van der Waals surface area contributed by atoms with Crippen LogP contribution in [0.15, 0.2) is 72.8 Å². The minimum absolute atomic E-state index is 0. The normalized spacial score (nSPS) is 15.2. The third kappa shape index (κ3) is 13.1. The summed E-state index contributed by atoms with van der Waals surface area (Å²) in [6.07, 6.45) is 3.54. The highest BCUT2D eigenvalue weighted by Crippen LogP contribution is 2.39. The Bertz CT molecular complexity index is 2970. The summed E-state index contributed by atoms with van der Waals surface area (Å²) in [6.45, 7) is 16.8. The number of aryl methyl sites for hydroxylation is 1. The highest BCUT2D eigenvalue weighted by atomic mass is 16.6. The minimum Gasteiger partial charge on any atom is -0.493 e. The van der Waals surface area contributed by atoms with Crippen molar-refractivity contribution in [2.75, 3.05) is 53.2 Å². The van der Waals surface area contributed by atoms with Crippen molar-refractivity contribution < 1.29 is 47.5 Å². The van der Waals surface area contributed by atoms with E-state index in [1.807, 2.05) is 124 Å². The molecule has 0 bridgehead atoms. The van der Waals surface area contributed by atoms with Gasteiger partial charge in [-0.05, 0) is 160 Å². The van der Waals surface area contributed by atoms with Crippen molar-refractivity contribution >= 4 is 62.8 Å². The van der Waals surface area contributed by atoms with Crippen molar-refractivity contribution in [1.29, 1.82) is 0 Å². The Balaban J connectivity index is 0.000000242. The molecule has 2 aromatic heterocycles. The molecule has 74 heavy (non-hydrogen) atoms. The van der Waals surface area contributed by atoms with Crippen molar-refractivity contribution in [3.63, 3.8) is 0 Å². The monoisotopic (exact) mass is 1020 g/mol. The maximum Gasteiger partial charge on any atom is 0.419 e. The van der Waals surface area contributed by atoms with Crippen LogP contribution in [0.4, 0.5) is 37.1 Å². The van der Waals surface area contributed by atoms with E-state index in [-0.39, 0.29) is 31.7 Å². The van der Waals surface area contributed by atoms with Gasteiger partial charge in [0.25, 0.3) is 0 Å². The number of H-pyrrole nitrogens is 1. The number of ether oxygens (including phenoxy) is 7. The zero-order valence-electron chi connectivity index (χ0n) is 45.2. The number of amides is 2. The fraction of sp³-hybridized carbons (Fsp3) is 0.466. The van der Waals surface area contributed by atoms with E-state index in [4.69, 9.17) is 33.2 Å². The molecule has 2 aliphatic rings. The summed E-state index contributed by atoms with van der Waals surface area (Å²) in [7, 11) is 10.1. The van der Waals surface area contributed by atoms with E-state index < -0.39 is 22.9 Å². The lowest BCUT2D eigenvalue weighted by Crippen LogP contribution is -2.43. The van der Waals surface area contributed by atoms with Crippen LogP contribution in [0.2, 0.25) is 0 Å².